The fraction of sp³-hybridized carbons (Fsp3) is 0.462. The van der Waals surface area contributed by atoms with Crippen molar-refractivity contribution in [1.82, 2.24) is 14.6 Å². The third-order valence-corrected chi connectivity index (χ3v) is 4.47. The Labute approximate surface area is 125 Å². The Bertz CT molecular complexity index is 678. The largest absolute Gasteiger partial charge is 0.477 e. The molecule has 0 aromatic carbocycles. The van der Waals surface area contributed by atoms with Crippen LogP contribution in [-0.4, -0.2) is 25.7 Å². The van der Waals surface area contributed by atoms with Crippen LogP contribution in [0, 0.1) is 0 Å². The van der Waals surface area contributed by atoms with Crippen molar-refractivity contribution in [3.63, 3.8) is 0 Å². The molecule has 7 heteroatoms. The number of aromatic carboxylic acids is 1. The maximum Gasteiger partial charge on any atom is 0.341 e. The van der Waals surface area contributed by atoms with Crippen LogP contribution in [0.15, 0.2) is 6.20 Å². The highest BCUT2D eigenvalue weighted by molar-refractivity contribution is 6.35. The van der Waals surface area contributed by atoms with Gasteiger partial charge in [0.2, 0.25) is 0 Å². The SMILES string of the molecule is O=C(O)c1cnn2c(Cl)c(C3CCCCC3)c(Cl)nc12. The summed E-state index contributed by atoms with van der Waals surface area (Å²) in [5, 5.41) is 13.8. The smallest absolute Gasteiger partial charge is 0.341 e. The van der Waals surface area contributed by atoms with E-state index in [2.05, 4.69) is 10.1 Å². The molecule has 2 heterocycles. The first-order valence-corrected chi connectivity index (χ1v) is 7.31. The molecule has 0 amide bonds. The summed E-state index contributed by atoms with van der Waals surface area (Å²) in [6.07, 6.45) is 6.83. The normalized spacial score (nSPS) is 16.7. The topological polar surface area (TPSA) is 67.5 Å². The van der Waals surface area contributed by atoms with Crippen molar-refractivity contribution in [3.05, 3.63) is 27.6 Å². The van der Waals surface area contributed by atoms with Gasteiger partial charge in [0.25, 0.3) is 0 Å². The maximum atomic E-state index is 11.1. The van der Waals surface area contributed by atoms with Crippen LogP contribution in [0.3, 0.4) is 0 Å². The molecule has 0 bridgehead atoms. The molecule has 0 saturated heterocycles. The molecule has 0 unspecified atom stereocenters. The van der Waals surface area contributed by atoms with E-state index in [4.69, 9.17) is 28.3 Å². The van der Waals surface area contributed by atoms with E-state index >= 15 is 0 Å². The molecule has 1 aliphatic rings. The number of carboxylic acid groups (broad SMARTS) is 1. The van der Waals surface area contributed by atoms with Gasteiger partial charge in [-0.25, -0.2) is 14.3 Å². The molecule has 1 fully saturated rings. The van der Waals surface area contributed by atoms with Gasteiger partial charge in [-0.2, -0.15) is 5.10 Å². The van der Waals surface area contributed by atoms with Gasteiger partial charge in [-0.1, -0.05) is 42.5 Å². The zero-order valence-electron chi connectivity index (χ0n) is 10.6. The van der Waals surface area contributed by atoms with Gasteiger partial charge in [0.1, 0.15) is 15.9 Å². The van der Waals surface area contributed by atoms with Gasteiger partial charge in [0.05, 0.1) is 6.20 Å². The van der Waals surface area contributed by atoms with Crippen LogP contribution in [0.5, 0.6) is 0 Å². The van der Waals surface area contributed by atoms with Crippen molar-refractivity contribution < 1.29 is 9.90 Å². The zero-order valence-corrected chi connectivity index (χ0v) is 12.2. The van der Waals surface area contributed by atoms with Crippen molar-refractivity contribution in [1.29, 1.82) is 0 Å². The van der Waals surface area contributed by atoms with E-state index in [9.17, 15) is 4.79 Å². The Morgan fingerprint density at radius 1 is 1.30 bits per heavy atom. The van der Waals surface area contributed by atoms with E-state index in [0.29, 0.717) is 5.15 Å². The first-order valence-electron chi connectivity index (χ1n) is 6.55. The summed E-state index contributed by atoms with van der Waals surface area (Å²) < 4.78 is 1.36. The van der Waals surface area contributed by atoms with Crippen LogP contribution >= 0.6 is 23.2 Å². The summed E-state index contributed by atoms with van der Waals surface area (Å²) in [5.41, 5.74) is 0.983. The second kappa shape index (κ2) is 5.22. The Hall–Kier alpha value is -1.33. The first-order chi connectivity index (χ1) is 9.59. The lowest BCUT2D eigenvalue weighted by atomic mass is 9.85. The minimum absolute atomic E-state index is 0.00370. The molecule has 1 N–H and O–H groups in total. The molecule has 20 heavy (non-hydrogen) atoms. The van der Waals surface area contributed by atoms with Gasteiger partial charge in [-0.15, -0.1) is 0 Å². The predicted octanol–water partition coefficient (Wildman–Crippen LogP) is 3.78. The average Bonchev–Trinajstić information content (AvgIpc) is 2.84. The van der Waals surface area contributed by atoms with E-state index in [1.165, 1.54) is 17.1 Å². The molecule has 0 spiro atoms. The lowest BCUT2D eigenvalue weighted by molar-refractivity contribution is 0.0699. The third kappa shape index (κ3) is 2.15. The van der Waals surface area contributed by atoms with Crippen LogP contribution in [0.4, 0.5) is 0 Å². The number of hydrogen-bond donors (Lipinski definition) is 1. The predicted molar refractivity (Wildman–Crippen MR) is 75.8 cm³/mol. The Kier molecular flexibility index (Phi) is 3.56. The van der Waals surface area contributed by atoms with E-state index in [0.717, 1.165) is 31.2 Å². The van der Waals surface area contributed by atoms with E-state index < -0.39 is 5.97 Å². The zero-order chi connectivity index (χ0) is 14.3. The highest BCUT2D eigenvalue weighted by Crippen LogP contribution is 2.39. The molecule has 0 aliphatic heterocycles. The summed E-state index contributed by atoms with van der Waals surface area (Å²) in [4.78, 5) is 15.3. The molecule has 2 aromatic rings. The second-order valence-corrected chi connectivity index (χ2v) is 5.76. The fourth-order valence-corrected chi connectivity index (χ4v) is 3.56. The Morgan fingerprint density at radius 2 is 2.00 bits per heavy atom. The number of nitrogens with zero attached hydrogens (tertiary/aromatic N) is 3. The van der Waals surface area contributed by atoms with Crippen molar-refractivity contribution in [2.75, 3.05) is 0 Å². The van der Waals surface area contributed by atoms with E-state index in [1.54, 1.807) is 0 Å². The second-order valence-electron chi connectivity index (χ2n) is 5.04. The van der Waals surface area contributed by atoms with Crippen molar-refractivity contribution in [2.24, 2.45) is 0 Å². The van der Waals surface area contributed by atoms with Gasteiger partial charge in [-0.3, -0.25) is 0 Å². The maximum absolute atomic E-state index is 11.1. The Morgan fingerprint density at radius 3 is 2.65 bits per heavy atom. The first kappa shape index (κ1) is 13.6. The van der Waals surface area contributed by atoms with Crippen molar-refractivity contribution >= 4 is 34.8 Å². The van der Waals surface area contributed by atoms with Crippen molar-refractivity contribution in [2.45, 2.75) is 38.0 Å². The minimum Gasteiger partial charge on any atom is -0.477 e. The molecular weight excluding hydrogens is 301 g/mol. The van der Waals surface area contributed by atoms with Crippen LogP contribution in [-0.2, 0) is 0 Å². The van der Waals surface area contributed by atoms with Crippen LogP contribution in [0.25, 0.3) is 5.65 Å². The summed E-state index contributed by atoms with van der Waals surface area (Å²) in [5.74, 6) is -0.817. The monoisotopic (exact) mass is 313 g/mol. The minimum atomic E-state index is -1.09. The highest BCUT2D eigenvalue weighted by atomic mass is 35.5. The molecule has 106 valence electrons. The highest BCUT2D eigenvalue weighted by Gasteiger charge is 2.25. The number of rotatable bonds is 2. The van der Waals surface area contributed by atoms with Crippen LogP contribution in [0.2, 0.25) is 10.3 Å². The molecule has 1 saturated carbocycles. The van der Waals surface area contributed by atoms with E-state index in [-0.39, 0.29) is 22.3 Å². The van der Waals surface area contributed by atoms with Gasteiger partial charge in [0, 0.05) is 5.56 Å². The molecule has 0 atom stereocenters. The molecule has 2 aromatic heterocycles. The average molecular weight is 314 g/mol. The van der Waals surface area contributed by atoms with Gasteiger partial charge in [0.15, 0.2) is 5.65 Å². The summed E-state index contributed by atoms with van der Waals surface area (Å²) in [7, 11) is 0. The number of aromatic nitrogens is 3. The number of carbonyl (C=O) groups is 1. The molecule has 1 aliphatic carbocycles. The quantitative estimate of drug-likeness (QED) is 0.857. The molecule has 5 nitrogen and oxygen atoms in total. The molecule has 3 rings (SSSR count). The summed E-state index contributed by atoms with van der Waals surface area (Å²) in [6, 6.07) is 0. The summed E-state index contributed by atoms with van der Waals surface area (Å²) in [6.45, 7) is 0. The van der Waals surface area contributed by atoms with Crippen LogP contribution < -0.4 is 0 Å². The lowest BCUT2D eigenvalue weighted by Gasteiger charge is -2.23. The van der Waals surface area contributed by atoms with Gasteiger partial charge in [-0.05, 0) is 18.8 Å². The standard InChI is InChI=1S/C13H13Cl2N3O2/c14-10-9(7-4-2-1-3-5-7)11(15)18-12(17-10)8(6-16-18)13(19)20/h6-7H,1-5H2,(H,19,20). The van der Waals surface area contributed by atoms with Crippen LogP contribution in [0.1, 0.15) is 53.9 Å². The van der Waals surface area contributed by atoms with Gasteiger partial charge >= 0.3 is 5.97 Å². The van der Waals surface area contributed by atoms with E-state index in [1.807, 2.05) is 0 Å². The number of carboxylic acids is 1. The molecule has 0 radical (unpaired) electrons. The number of halogens is 2. The molecular formula is C13H13Cl2N3O2. The Balaban J connectivity index is 2.17. The number of fused-ring (bicyclic) bond motifs is 1. The van der Waals surface area contributed by atoms with Crippen molar-refractivity contribution in [3.8, 4) is 0 Å². The lowest BCUT2D eigenvalue weighted by Crippen LogP contribution is -2.10. The summed E-state index contributed by atoms with van der Waals surface area (Å²) >= 11 is 12.6. The number of hydrogen-bond acceptors (Lipinski definition) is 3. The van der Waals surface area contributed by atoms with Gasteiger partial charge < -0.3 is 5.11 Å². The fourth-order valence-electron chi connectivity index (χ4n) is 2.82. The third-order valence-electron chi connectivity index (χ3n) is 3.82.